The SMILES string of the molecule is CCCCc1nc(C(C)(O)CC)c(C(=O)OC)n1-c1ccc(-c2ccccc2-c2nn[nH]n2)cc1. The molecule has 0 saturated heterocycles. The number of aromatic amines is 1. The van der Waals surface area contributed by atoms with Gasteiger partial charge >= 0.3 is 5.97 Å². The minimum Gasteiger partial charge on any atom is -0.464 e. The molecule has 0 amide bonds. The molecule has 2 aromatic heterocycles. The Bertz CT molecular complexity index is 1290. The van der Waals surface area contributed by atoms with Crippen LogP contribution in [0.4, 0.5) is 0 Å². The minimum atomic E-state index is -1.26. The topological polar surface area (TPSA) is 119 Å². The molecule has 0 aliphatic rings. The second-order valence-corrected chi connectivity index (χ2v) is 8.61. The van der Waals surface area contributed by atoms with Crippen molar-refractivity contribution in [3.8, 4) is 28.2 Å². The first-order valence-electron chi connectivity index (χ1n) is 11.8. The first-order valence-corrected chi connectivity index (χ1v) is 11.8. The maximum absolute atomic E-state index is 12.9. The van der Waals surface area contributed by atoms with E-state index >= 15 is 0 Å². The lowest BCUT2D eigenvalue weighted by Crippen LogP contribution is -2.25. The lowest BCUT2D eigenvalue weighted by Gasteiger charge is -2.20. The van der Waals surface area contributed by atoms with Gasteiger partial charge in [0.25, 0.3) is 0 Å². The quantitative estimate of drug-likeness (QED) is 0.344. The highest BCUT2D eigenvalue weighted by Crippen LogP contribution is 2.33. The smallest absolute Gasteiger partial charge is 0.357 e. The summed E-state index contributed by atoms with van der Waals surface area (Å²) in [6.07, 6.45) is 2.96. The van der Waals surface area contributed by atoms with E-state index in [0.29, 0.717) is 24.4 Å². The molecule has 0 saturated carbocycles. The van der Waals surface area contributed by atoms with E-state index in [0.717, 1.165) is 41.0 Å². The van der Waals surface area contributed by atoms with Crippen LogP contribution in [0.15, 0.2) is 48.5 Å². The molecular weight excluding hydrogens is 444 g/mol. The molecule has 1 atom stereocenters. The van der Waals surface area contributed by atoms with Crippen LogP contribution in [0.1, 0.15) is 62.0 Å². The van der Waals surface area contributed by atoms with Crippen molar-refractivity contribution in [3.05, 3.63) is 65.7 Å². The number of rotatable bonds is 9. The normalized spacial score (nSPS) is 12.9. The zero-order chi connectivity index (χ0) is 25.0. The summed E-state index contributed by atoms with van der Waals surface area (Å²) in [5.41, 5.74) is 2.87. The largest absolute Gasteiger partial charge is 0.464 e. The number of aliphatic hydroxyl groups is 1. The first-order chi connectivity index (χ1) is 16.9. The van der Waals surface area contributed by atoms with Gasteiger partial charge in [-0.3, -0.25) is 4.57 Å². The van der Waals surface area contributed by atoms with Crippen molar-refractivity contribution < 1.29 is 14.6 Å². The standard InChI is InChI=1S/C26H30N6O3/c1-5-7-12-21-27-23(26(3,34)6-2)22(25(33)35-4)32(21)18-15-13-17(14-16-18)19-10-8-9-11-20(19)24-28-30-31-29-24/h8-11,13-16,34H,5-7,12H2,1-4H3,(H,28,29,30,31). The fraction of sp³-hybridized carbons (Fsp3) is 0.346. The van der Waals surface area contributed by atoms with Crippen molar-refractivity contribution in [2.45, 2.75) is 52.1 Å². The minimum absolute atomic E-state index is 0.255. The number of hydrogen-bond donors (Lipinski definition) is 2. The predicted octanol–water partition coefficient (Wildman–Crippen LogP) is 4.47. The summed E-state index contributed by atoms with van der Waals surface area (Å²) >= 11 is 0. The third kappa shape index (κ3) is 4.72. The van der Waals surface area contributed by atoms with E-state index in [4.69, 9.17) is 9.72 Å². The van der Waals surface area contributed by atoms with Gasteiger partial charge in [0.05, 0.1) is 7.11 Å². The Kier molecular flexibility index (Phi) is 7.07. The first kappa shape index (κ1) is 24.3. The van der Waals surface area contributed by atoms with Gasteiger partial charge in [0.15, 0.2) is 5.69 Å². The van der Waals surface area contributed by atoms with E-state index in [-0.39, 0.29) is 5.69 Å². The van der Waals surface area contributed by atoms with Crippen molar-refractivity contribution in [2.24, 2.45) is 0 Å². The highest BCUT2D eigenvalue weighted by atomic mass is 16.5. The van der Waals surface area contributed by atoms with Crippen molar-refractivity contribution in [3.63, 3.8) is 0 Å². The van der Waals surface area contributed by atoms with Gasteiger partial charge in [-0.05, 0) is 48.2 Å². The summed E-state index contributed by atoms with van der Waals surface area (Å²) in [6.45, 7) is 5.64. The molecule has 182 valence electrons. The summed E-state index contributed by atoms with van der Waals surface area (Å²) in [5.74, 6) is 0.701. The van der Waals surface area contributed by atoms with Crippen molar-refractivity contribution in [1.29, 1.82) is 0 Å². The molecule has 9 heteroatoms. The van der Waals surface area contributed by atoms with E-state index in [1.54, 1.807) is 6.92 Å². The number of tetrazole rings is 1. The lowest BCUT2D eigenvalue weighted by atomic mass is 9.97. The Balaban J connectivity index is 1.84. The zero-order valence-corrected chi connectivity index (χ0v) is 20.4. The van der Waals surface area contributed by atoms with Crippen LogP contribution in [0.5, 0.6) is 0 Å². The molecule has 1 unspecified atom stereocenters. The summed E-state index contributed by atoms with van der Waals surface area (Å²) < 4.78 is 6.93. The second kappa shape index (κ2) is 10.2. The van der Waals surface area contributed by atoms with Gasteiger partial charge in [-0.25, -0.2) is 9.78 Å². The number of nitrogens with zero attached hydrogens (tertiary/aromatic N) is 5. The highest BCUT2D eigenvalue weighted by molar-refractivity contribution is 5.90. The molecule has 2 heterocycles. The number of carbonyl (C=O) groups excluding carboxylic acids is 1. The maximum atomic E-state index is 12.9. The molecule has 4 aromatic rings. The van der Waals surface area contributed by atoms with Gasteiger partial charge in [0, 0.05) is 17.7 Å². The maximum Gasteiger partial charge on any atom is 0.357 e. The predicted molar refractivity (Wildman–Crippen MR) is 132 cm³/mol. The molecule has 35 heavy (non-hydrogen) atoms. The van der Waals surface area contributed by atoms with Crippen LogP contribution in [0.25, 0.3) is 28.2 Å². The number of aromatic nitrogens is 6. The number of imidazole rings is 1. The highest BCUT2D eigenvalue weighted by Gasteiger charge is 2.34. The number of carbonyl (C=O) groups is 1. The van der Waals surface area contributed by atoms with E-state index in [1.165, 1.54) is 7.11 Å². The van der Waals surface area contributed by atoms with Gasteiger partial charge in [-0.1, -0.05) is 56.7 Å². The number of methoxy groups -OCH3 is 1. The van der Waals surface area contributed by atoms with Crippen molar-refractivity contribution >= 4 is 5.97 Å². The molecule has 0 aliphatic heterocycles. The average Bonchev–Trinajstić information content (AvgIpc) is 3.56. The van der Waals surface area contributed by atoms with Crippen LogP contribution in [0.2, 0.25) is 0 Å². The molecule has 0 radical (unpaired) electrons. The van der Waals surface area contributed by atoms with Crippen molar-refractivity contribution in [2.75, 3.05) is 7.11 Å². The van der Waals surface area contributed by atoms with Gasteiger partial charge in [0.2, 0.25) is 5.82 Å². The van der Waals surface area contributed by atoms with Crippen LogP contribution >= 0.6 is 0 Å². The number of aryl methyl sites for hydroxylation is 1. The molecule has 0 bridgehead atoms. The third-order valence-electron chi connectivity index (χ3n) is 6.23. The van der Waals surface area contributed by atoms with Gasteiger partial charge in [-0.2, -0.15) is 5.21 Å². The number of H-pyrrole nitrogens is 1. The molecule has 2 aromatic carbocycles. The fourth-order valence-electron chi connectivity index (χ4n) is 4.07. The Morgan fingerprint density at radius 1 is 1.11 bits per heavy atom. The third-order valence-corrected chi connectivity index (χ3v) is 6.23. The van der Waals surface area contributed by atoms with Crippen LogP contribution in [-0.2, 0) is 16.8 Å². The molecule has 2 N–H and O–H groups in total. The number of ether oxygens (including phenoxy) is 1. The molecule has 9 nitrogen and oxygen atoms in total. The van der Waals surface area contributed by atoms with E-state index < -0.39 is 11.6 Å². The van der Waals surface area contributed by atoms with Gasteiger partial charge < -0.3 is 9.84 Å². The van der Waals surface area contributed by atoms with E-state index in [9.17, 15) is 9.90 Å². The van der Waals surface area contributed by atoms with E-state index in [2.05, 4.69) is 27.5 Å². The molecule has 0 fully saturated rings. The Labute approximate surface area is 204 Å². The molecule has 0 aliphatic carbocycles. The molecular formula is C26H30N6O3. The number of nitrogens with one attached hydrogen (secondary N) is 1. The van der Waals surface area contributed by atoms with Crippen LogP contribution in [0.3, 0.4) is 0 Å². The number of benzene rings is 2. The summed E-state index contributed by atoms with van der Waals surface area (Å²) in [4.78, 5) is 17.7. The van der Waals surface area contributed by atoms with E-state index in [1.807, 2.05) is 60.0 Å². The average molecular weight is 475 g/mol. The number of esters is 1. The van der Waals surface area contributed by atoms with Gasteiger partial charge in [0.1, 0.15) is 17.1 Å². The summed E-state index contributed by atoms with van der Waals surface area (Å²) in [7, 11) is 1.34. The van der Waals surface area contributed by atoms with Crippen LogP contribution < -0.4 is 0 Å². The Morgan fingerprint density at radius 3 is 2.43 bits per heavy atom. The molecule has 0 spiro atoms. The summed E-state index contributed by atoms with van der Waals surface area (Å²) in [5, 5.41) is 25.4. The Hall–Kier alpha value is -3.85. The zero-order valence-electron chi connectivity index (χ0n) is 20.4. The second-order valence-electron chi connectivity index (χ2n) is 8.61. The Morgan fingerprint density at radius 2 is 1.83 bits per heavy atom. The lowest BCUT2D eigenvalue weighted by molar-refractivity contribution is 0.0421. The van der Waals surface area contributed by atoms with Crippen LogP contribution in [-0.4, -0.2) is 48.4 Å². The fourth-order valence-corrected chi connectivity index (χ4v) is 4.07. The monoisotopic (exact) mass is 474 g/mol. The summed E-state index contributed by atoms with van der Waals surface area (Å²) in [6, 6.07) is 15.7. The molecule has 4 rings (SSSR count). The number of unbranched alkanes of at least 4 members (excludes halogenated alkanes) is 1. The van der Waals surface area contributed by atoms with Gasteiger partial charge in [-0.15, -0.1) is 10.2 Å². The van der Waals surface area contributed by atoms with Crippen LogP contribution in [0, 0.1) is 0 Å². The number of hydrogen-bond acceptors (Lipinski definition) is 7. The van der Waals surface area contributed by atoms with Crippen molar-refractivity contribution in [1.82, 2.24) is 30.2 Å².